The van der Waals surface area contributed by atoms with Gasteiger partial charge < -0.3 is 0 Å². The van der Waals surface area contributed by atoms with Crippen molar-refractivity contribution in [1.82, 2.24) is 0 Å². The van der Waals surface area contributed by atoms with Crippen LogP contribution in [0.15, 0.2) is 23.2 Å². The smallest absolute Gasteiger partial charge is 0.0649 e. The van der Waals surface area contributed by atoms with E-state index in [1.807, 2.05) is 0 Å². The van der Waals surface area contributed by atoms with Crippen LogP contribution in [0.1, 0.15) is 18.4 Å². The number of hydrogen-bond donors (Lipinski definition) is 0. The summed E-state index contributed by atoms with van der Waals surface area (Å²) in [6.45, 7) is 1.01. The zero-order chi connectivity index (χ0) is 7.97. The molecule has 0 aromatic heterocycles. The fraction of sp³-hybridized carbons (Fsp3) is 0.364. The third-order valence-corrected chi connectivity index (χ3v) is 2.87. The summed E-state index contributed by atoms with van der Waals surface area (Å²) in [6.07, 6.45) is 3.72. The molecule has 0 atom stereocenters. The molecular weight excluding hydrogens is 146 g/mol. The molecule has 1 aromatic carbocycles. The molecule has 1 heteroatoms. The number of rotatable bonds is 0. The van der Waals surface area contributed by atoms with Crippen LogP contribution in [0.25, 0.3) is 5.57 Å². The lowest BCUT2D eigenvalue weighted by atomic mass is 10.1. The number of nitrogens with zero attached hydrogens (tertiary/aromatic N) is 1. The lowest BCUT2D eigenvalue weighted by Crippen LogP contribution is -2.30. The van der Waals surface area contributed by atoms with Gasteiger partial charge in [-0.2, -0.15) is 0 Å². The summed E-state index contributed by atoms with van der Waals surface area (Å²) in [5.41, 5.74) is 3.17. The molecule has 0 N–H and O–H groups in total. The standard InChI is InChI=1S/C11H11N/c1-2-8-4-5-9-6-7-12-10(3-1)11(8)9/h1-3H,4-7H2. The largest absolute Gasteiger partial charge is 0.284 e. The van der Waals surface area contributed by atoms with Crippen molar-refractivity contribution in [3.05, 3.63) is 34.3 Å². The number of hydrogen-bond acceptors (Lipinski definition) is 1. The van der Waals surface area contributed by atoms with E-state index < -0.39 is 0 Å². The van der Waals surface area contributed by atoms with Crippen molar-refractivity contribution in [3.63, 3.8) is 0 Å². The Morgan fingerprint density at radius 1 is 1.08 bits per heavy atom. The molecule has 0 saturated carbocycles. The Labute approximate surface area is 71.5 Å². The van der Waals surface area contributed by atoms with Crippen LogP contribution in [0.3, 0.4) is 0 Å². The summed E-state index contributed by atoms with van der Waals surface area (Å²) in [6, 6.07) is 6.52. The van der Waals surface area contributed by atoms with Gasteiger partial charge in [-0.15, -0.1) is 0 Å². The van der Waals surface area contributed by atoms with Gasteiger partial charge in [0.05, 0.1) is 5.36 Å². The number of aryl methyl sites for hydroxylation is 1. The molecular formula is C11H11N. The van der Waals surface area contributed by atoms with Gasteiger partial charge in [-0.25, -0.2) is 0 Å². The molecule has 1 nitrogen and oxygen atoms in total. The molecule has 0 spiro atoms. The normalized spacial score (nSPS) is 18.8. The lowest BCUT2D eigenvalue weighted by molar-refractivity contribution is 0.918. The zero-order valence-electron chi connectivity index (χ0n) is 7.01. The monoisotopic (exact) mass is 157 g/mol. The van der Waals surface area contributed by atoms with Gasteiger partial charge in [0.2, 0.25) is 0 Å². The Balaban J connectivity index is 2.55. The van der Waals surface area contributed by atoms with Crippen molar-refractivity contribution in [3.8, 4) is 0 Å². The summed E-state index contributed by atoms with van der Waals surface area (Å²) >= 11 is 0. The molecule has 3 rings (SSSR count). The topological polar surface area (TPSA) is 12.4 Å². The molecule has 0 radical (unpaired) electrons. The van der Waals surface area contributed by atoms with Gasteiger partial charge in [0.25, 0.3) is 0 Å². The predicted octanol–water partition coefficient (Wildman–Crippen LogP) is 0.807. The van der Waals surface area contributed by atoms with Gasteiger partial charge >= 0.3 is 0 Å². The highest BCUT2D eigenvalue weighted by atomic mass is 14.7. The third-order valence-electron chi connectivity index (χ3n) is 2.87. The number of benzene rings is 1. The minimum Gasteiger partial charge on any atom is -0.284 e. The maximum absolute atomic E-state index is 4.52. The Bertz CT molecular complexity index is 443. The first kappa shape index (κ1) is 6.41. The van der Waals surface area contributed by atoms with E-state index >= 15 is 0 Å². The molecule has 1 aliphatic carbocycles. The molecule has 0 bridgehead atoms. The molecule has 1 aliphatic heterocycles. The highest BCUT2D eigenvalue weighted by Gasteiger charge is 2.14. The Morgan fingerprint density at radius 2 is 2.08 bits per heavy atom. The van der Waals surface area contributed by atoms with Gasteiger partial charge in [-0.1, -0.05) is 17.7 Å². The SMILES string of the molecule is c1cc2c3c(c1)=NCCC=3CC2. The summed E-state index contributed by atoms with van der Waals surface area (Å²) in [5, 5.41) is 2.73. The highest BCUT2D eigenvalue weighted by molar-refractivity contribution is 5.52. The minimum absolute atomic E-state index is 1.01. The quantitative estimate of drug-likeness (QED) is 0.528. The second-order valence-corrected chi connectivity index (χ2v) is 3.55. The molecule has 0 amide bonds. The first-order valence-corrected chi connectivity index (χ1v) is 4.59. The van der Waals surface area contributed by atoms with Crippen LogP contribution in [0.2, 0.25) is 0 Å². The Hall–Kier alpha value is -1.11. The van der Waals surface area contributed by atoms with E-state index in [1.165, 1.54) is 35.4 Å². The van der Waals surface area contributed by atoms with Crippen molar-refractivity contribution in [1.29, 1.82) is 0 Å². The lowest BCUT2D eigenvalue weighted by Gasteiger charge is -2.03. The second kappa shape index (κ2) is 2.19. The Morgan fingerprint density at radius 3 is 3.08 bits per heavy atom. The van der Waals surface area contributed by atoms with Crippen molar-refractivity contribution < 1.29 is 0 Å². The van der Waals surface area contributed by atoms with Gasteiger partial charge in [0.1, 0.15) is 0 Å². The van der Waals surface area contributed by atoms with E-state index in [2.05, 4.69) is 23.2 Å². The predicted molar refractivity (Wildman–Crippen MR) is 48.4 cm³/mol. The minimum atomic E-state index is 1.01. The van der Waals surface area contributed by atoms with E-state index in [4.69, 9.17) is 0 Å². The maximum atomic E-state index is 4.52. The molecule has 1 aromatic rings. The second-order valence-electron chi connectivity index (χ2n) is 3.55. The van der Waals surface area contributed by atoms with Gasteiger partial charge in [0, 0.05) is 11.8 Å². The molecule has 0 fully saturated rings. The van der Waals surface area contributed by atoms with Crippen LogP contribution in [0.5, 0.6) is 0 Å². The van der Waals surface area contributed by atoms with E-state index in [0.29, 0.717) is 0 Å². The highest BCUT2D eigenvalue weighted by Crippen LogP contribution is 2.17. The Kier molecular flexibility index (Phi) is 1.17. The van der Waals surface area contributed by atoms with Crippen LogP contribution >= 0.6 is 0 Å². The van der Waals surface area contributed by atoms with Gasteiger partial charge in [0.15, 0.2) is 0 Å². The van der Waals surface area contributed by atoms with Crippen molar-refractivity contribution >= 4 is 5.57 Å². The first-order chi connectivity index (χ1) is 5.95. The van der Waals surface area contributed by atoms with Gasteiger partial charge in [-0.3, -0.25) is 4.99 Å². The van der Waals surface area contributed by atoms with E-state index in [-0.39, 0.29) is 0 Å². The van der Waals surface area contributed by atoms with Crippen LogP contribution < -0.4 is 10.6 Å². The molecule has 1 heterocycles. The van der Waals surface area contributed by atoms with Crippen molar-refractivity contribution in [2.45, 2.75) is 19.3 Å². The van der Waals surface area contributed by atoms with Crippen LogP contribution in [0.4, 0.5) is 0 Å². The fourth-order valence-electron chi connectivity index (χ4n) is 2.31. The maximum Gasteiger partial charge on any atom is 0.0649 e. The average Bonchev–Trinajstić information content (AvgIpc) is 2.52. The summed E-state index contributed by atoms with van der Waals surface area (Å²) in [4.78, 5) is 4.52. The molecule has 12 heavy (non-hydrogen) atoms. The van der Waals surface area contributed by atoms with Crippen LogP contribution in [-0.4, -0.2) is 6.54 Å². The average molecular weight is 157 g/mol. The summed E-state index contributed by atoms with van der Waals surface area (Å²) in [7, 11) is 0. The van der Waals surface area contributed by atoms with E-state index in [0.717, 1.165) is 6.54 Å². The van der Waals surface area contributed by atoms with Crippen LogP contribution in [-0.2, 0) is 6.42 Å². The first-order valence-electron chi connectivity index (χ1n) is 4.59. The zero-order valence-corrected chi connectivity index (χ0v) is 7.01. The summed E-state index contributed by atoms with van der Waals surface area (Å²) in [5.74, 6) is 0. The van der Waals surface area contributed by atoms with E-state index in [9.17, 15) is 0 Å². The van der Waals surface area contributed by atoms with E-state index in [1.54, 1.807) is 5.57 Å². The molecule has 60 valence electrons. The third kappa shape index (κ3) is 0.711. The molecule has 0 unspecified atom stereocenters. The van der Waals surface area contributed by atoms with Gasteiger partial charge in [-0.05, 0) is 30.9 Å². The molecule has 0 saturated heterocycles. The van der Waals surface area contributed by atoms with Crippen molar-refractivity contribution in [2.75, 3.05) is 6.54 Å². The van der Waals surface area contributed by atoms with Crippen LogP contribution in [0, 0.1) is 0 Å². The fourth-order valence-corrected chi connectivity index (χ4v) is 2.31. The molecule has 2 aliphatic rings. The summed E-state index contributed by atoms with van der Waals surface area (Å²) < 4.78 is 0. The van der Waals surface area contributed by atoms with Crippen molar-refractivity contribution in [2.24, 2.45) is 4.99 Å².